The van der Waals surface area contributed by atoms with Gasteiger partial charge in [-0.15, -0.1) is 0 Å². The Balaban J connectivity index is 2.12. The summed E-state index contributed by atoms with van der Waals surface area (Å²) in [6.07, 6.45) is 4.54. The van der Waals surface area contributed by atoms with E-state index in [2.05, 4.69) is 20.8 Å². The third-order valence-corrected chi connectivity index (χ3v) is 6.66. The van der Waals surface area contributed by atoms with Crippen molar-refractivity contribution in [3.8, 4) is 5.75 Å². The quantitative estimate of drug-likeness (QED) is 0.808. The van der Waals surface area contributed by atoms with E-state index in [0.717, 1.165) is 29.8 Å². The van der Waals surface area contributed by atoms with Gasteiger partial charge in [0.2, 0.25) is 0 Å². The summed E-state index contributed by atoms with van der Waals surface area (Å²) in [5, 5.41) is 10.5. The van der Waals surface area contributed by atoms with Crippen molar-refractivity contribution in [3.05, 3.63) is 28.8 Å². The zero-order valence-electron chi connectivity index (χ0n) is 12.9. The predicted molar refractivity (Wildman–Crippen MR) is 80.2 cm³/mol. The predicted octanol–water partition coefficient (Wildman–Crippen LogP) is 4.44. The molecule has 0 saturated heterocycles. The first kappa shape index (κ1) is 13.7. The number of aromatic hydroxyl groups is 1. The molecule has 20 heavy (non-hydrogen) atoms. The van der Waals surface area contributed by atoms with E-state index in [1.807, 2.05) is 13.0 Å². The van der Waals surface area contributed by atoms with Crippen molar-refractivity contribution in [1.82, 2.24) is 0 Å². The van der Waals surface area contributed by atoms with E-state index < -0.39 is 0 Å². The van der Waals surface area contributed by atoms with Crippen molar-refractivity contribution in [1.29, 1.82) is 0 Å². The van der Waals surface area contributed by atoms with Gasteiger partial charge in [0, 0.05) is 5.56 Å². The maximum atomic E-state index is 11.1. The average Bonchev–Trinajstić information content (AvgIpc) is 2.74. The van der Waals surface area contributed by atoms with E-state index in [4.69, 9.17) is 0 Å². The van der Waals surface area contributed by atoms with Crippen molar-refractivity contribution < 1.29 is 9.90 Å². The van der Waals surface area contributed by atoms with Crippen molar-refractivity contribution in [2.24, 2.45) is 16.7 Å². The fourth-order valence-electron chi connectivity index (χ4n) is 4.84. The Morgan fingerprint density at radius 1 is 1.30 bits per heavy atom. The van der Waals surface area contributed by atoms with Gasteiger partial charge in [-0.25, -0.2) is 0 Å². The van der Waals surface area contributed by atoms with Gasteiger partial charge in [-0.2, -0.15) is 0 Å². The molecule has 0 aromatic heterocycles. The fraction of sp³-hybridized carbons (Fsp3) is 0.611. The summed E-state index contributed by atoms with van der Waals surface area (Å²) in [5.41, 5.74) is 3.02. The number of hydrogen-bond acceptors (Lipinski definition) is 2. The number of aldehydes is 1. The first-order valence-electron chi connectivity index (χ1n) is 7.60. The van der Waals surface area contributed by atoms with Gasteiger partial charge in [-0.3, -0.25) is 4.79 Å². The van der Waals surface area contributed by atoms with Gasteiger partial charge in [0.1, 0.15) is 12.0 Å². The summed E-state index contributed by atoms with van der Waals surface area (Å²) in [4.78, 5) is 11.1. The second kappa shape index (κ2) is 4.09. The number of fused-ring (bicyclic) bond motifs is 2. The lowest BCUT2D eigenvalue weighted by molar-refractivity contribution is 0.112. The standard InChI is InChI=1S/C18H24O2/c1-11-7-12(10-19)8-14(16(11)20)15-9-13-5-6-18(15,4)17(13,2)3/h7-8,10,13,15,20H,5-6,9H2,1-4H3. The molecule has 1 N–H and O–H groups in total. The Hall–Kier alpha value is -1.31. The maximum Gasteiger partial charge on any atom is 0.150 e. The van der Waals surface area contributed by atoms with Gasteiger partial charge in [0.25, 0.3) is 0 Å². The minimum atomic E-state index is 0.225. The molecule has 2 fully saturated rings. The average molecular weight is 272 g/mol. The lowest BCUT2D eigenvalue weighted by Gasteiger charge is -2.40. The maximum absolute atomic E-state index is 11.1. The van der Waals surface area contributed by atoms with Crippen LogP contribution in [-0.2, 0) is 0 Å². The fourth-order valence-corrected chi connectivity index (χ4v) is 4.84. The zero-order chi connectivity index (χ0) is 14.7. The number of phenolic OH excluding ortho intramolecular Hbond substituents is 1. The third kappa shape index (κ3) is 1.54. The zero-order valence-corrected chi connectivity index (χ0v) is 12.9. The number of carbonyl (C=O) groups excluding carboxylic acids is 1. The van der Waals surface area contributed by atoms with Crippen molar-refractivity contribution in [3.63, 3.8) is 0 Å². The van der Waals surface area contributed by atoms with Crippen molar-refractivity contribution in [2.45, 2.75) is 52.9 Å². The normalized spacial score (nSPS) is 34.4. The van der Waals surface area contributed by atoms with Crippen LogP contribution in [0.15, 0.2) is 12.1 Å². The van der Waals surface area contributed by atoms with Gasteiger partial charge in [-0.1, -0.05) is 20.8 Å². The van der Waals surface area contributed by atoms with Crippen LogP contribution in [0.5, 0.6) is 5.75 Å². The second-order valence-electron chi connectivity index (χ2n) is 7.56. The number of hydrogen-bond donors (Lipinski definition) is 1. The van der Waals surface area contributed by atoms with Crippen LogP contribution in [0, 0.1) is 23.7 Å². The summed E-state index contributed by atoms with van der Waals surface area (Å²) in [7, 11) is 0. The van der Waals surface area contributed by atoms with E-state index in [9.17, 15) is 9.90 Å². The first-order valence-corrected chi connectivity index (χ1v) is 7.60. The molecule has 3 atom stereocenters. The molecule has 1 aromatic rings. The molecule has 0 spiro atoms. The molecule has 2 aliphatic rings. The van der Waals surface area contributed by atoms with Crippen LogP contribution < -0.4 is 0 Å². The molecule has 0 amide bonds. The molecule has 3 rings (SSSR count). The number of benzene rings is 1. The summed E-state index contributed by atoms with van der Waals surface area (Å²) in [6, 6.07) is 3.68. The molecule has 108 valence electrons. The second-order valence-corrected chi connectivity index (χ2v) is 7.56. The molecule has 2 saturated carbocycles. The van der Waals surface area contributed by atoms with Gasteiger partial charge in [-0.05, 0) is 72.1 Å². The van der Waals surface area contributed by atoms with E-state index in [0.29, 0.717) is 22.6 Å². The summed E-state index contributed by atoms with van der Waals surface area (Å²) in [5.74, 6) is 1.50. The Kier molecular flexibility index (Phi) is 2.80. The van der Waals surface area contributed by atoms with E-state index in [1.165, 1.54) is 12.8 Å². The Morgan fingerprint density at radius 3 is 2.50 bits per heavy atom. The highest BCUT2D eigenvalue weighted by molar-refractivity contribution is 5.76. The number of carbonyl (C=O) groups is 1. The van der Waals surface area contributed by atoms with Crippen molar-refractivity contribution >= 4 is 6.29 Å². The molecular formula is C18H24O2. The molecule has 3 unspecified atom stereocenters. The van der Waals surface area contributed by atoms with Gasteiger partial charge < -0.3 is 5.11 Å². The number of aryl methyl sites for hydroxylation is 1. The van der Waals surface area contributed by atoms with Crippen LogP contribution in [0.1, 0.15) is 67.4 Å². The van der Waals surface area contributed by atoms with E-state index in [-0.39, 0.29) is 5.41 Å². The van der Waals surface area contributed by atoms with Gasteiger partial charge in [0.05, 0.1) is 0 Å². The van der Waals surface area contributed by atoms with Crippen LogP contribution in [0.3, 0.4) is 0 Å². The molecule has 0 heterocycles. The summed E-state index contributed by atoms with van der Waals surface area (Å²) < 4.78 is 0. The Labute approximate surface area is 121 Å². The van der Waals surface area contributed by atoms with Crippen LogP contribution in [-0.4, -0.2) is 11.4 Å². The third-order valence-electron chi connectivity index (χ3n) is 6.66. The molecule has 0 radical (unpaired) electrons. The van der Waals surface area contributed by atoms with E-state index in [1.54, 1.807) is 6.07 Å². The van der Waals surface area contributed by atoms with Crippen molar-refractivity contribution in [2.75, 3.05) is 0 Å². The minimum absolute atomic E-state index is 0.225. The van der Waals surface area contributed by atoms with Crippen LogP contribution in [0.25, 0.3) is 0 Å². The molecule has 1 aromatic carbocycles. The molecule has 2 nitrogen and oxygen atoms in total. The first-order chi connectivity index (χ1) is 9.31. The SMILES string of the molecule is Cc1cc(C=O)cc(C2CC3CCC2(C)C3(C)C)c1O. The van der Waals surface area contributed by atoms with Gasteiger partial charge >= 0.3 is 0 Å². The molecule has 2 bridgehead atoms. The molecular weight excluding hydrogens is 248 g/mol. The smallest absolute Gasteiger partial charge is 0.150 e. The molecule has 2 aliphatic carbocycles. The lowest BCUT2D eigenvalue weighted by Crippen LogP contribution is -2.31. The Bertz CT molecular complexity index is 573. The summed E-state index contributed by atoms with van der Waals surface area (Å²) >= 11 is 0. The number of rotatable bonds is 2. The van der Waals surface area contributed by atoms with Crippen LogP contribution in [0.2, 0.25) is 0 Å². The highest BCUT2D eigenvalue weighted by Crippen LogP contribution is 2.71. The largest absolute Gasteiger partial charge is 0.507 e. The van der Waals surface area contributed by atoms with Crippen LogP contribution >= 0.6 is 0 Å². The topological polar surface area (TPSA) is 37.3 Å². The van der Waals surface area contributed by atoms with Gasteiger partial charge in [0.15, 0.2) is 0 Å². The van der Waals surface area contributed by atoms with Crippen LogP contribution in [0.4, 0.5) is 0 Å². The van der Waals surface area contributed by atoms with E-state index >= 15 is 0 Å². The molecule has 2 heteroatoms. The number of phenols is 1. The highest BCUT2D eigenvalue weighted by atomic mass is 16.3. The Morgan fingerprint density at radius 2 is 2.00 bits per heavy atom. The summed E-state index contributed by atoms with van der Waals surface area (Å²) in [6.45, 7) is 9.00. The lowest BCUT2D eigenvalue weighted by atomic mass is 9.64. The molecule has 0 aliphatic heterocycles. The monoisotopic (exact) mass is 272 g/mol. The highest BCUT2D eigenvalue weighted by Gasteiger charge is 2.61. The minimum Gasteiger partial charge on any atom is -0.507 e.